The molecular weight excluding hydrogens is 166 g/mol. The van der Waals surface area contributed by atoms with Gasteiger partial charge in [0, 0.05) is 19.1 Å². The molecule has 0 aliphatic carbocycles. The largest absolute Gasteiger partial charge is 0.345 e. The van der Waals surface area contributed by atoms with Crippen LogP contribution < -0.4 is 11.1 Å². The van der Waals surface area contributed by atoms with Crippen molar-refractivity contribution in [3.8, 4) is 0 Å². The maximum absolute atomic E-state index is 11.7. The minimum absolute atomic E-state index is 0.266. The van der Waals surface area contributed by atoms with Gasteiger partial charge < -0.3 is 15.8 Å². The van der Waals surface area contributed by atoms with Gasteiger partial charge in [-0.05, 0) is 12.8 Å². The normalized spacial score (nSPS) is 31.0. The molecule has 1 aliphatic rings. The highest BCUT2D eigenvalue weighted by atomic mass is 19.3. The van der Waals surface area contributed by atoms with E-state index in [2.05, 4.69) is 10.1 Å². The van der Waals surface area contributed by atoms with Crippen molar-refractivity contribution in [2.45, 2.75) is 31.6 Å². The van der Waals surface area contributed by atoms with Crippen molar-refractivity contribution < 1.29 is 13.5 Å². The Balaban J connectivity index is 2.17. The van der Waals surface area contributed by atoms with Gasteiger partial charge in [0.1, 0.15) is 0 Å². The van der Waals surface area contributed by atoms with Crippen LogP contribution in [-0.2, 0) is 4.74 Å². The van der Waals surface area contributed by atoms with Crippen LogP contribution in [0.25, 0.3) is 0 Å². The molecule has 0 aromatic rings. The summed E-state index contributed by atoms with van der Waals surface area (Å²) in [5.74, 6) is 0. The van der Waals surface area contributed by atoms with Crippen LogP contribution in [0.3, 0.4) is 0 Å². The summed E-state index contributed by atoms with van der Waals surface area (Å²) in [7, 11) is 0. The minimum Gasteiger partial charge on any atom is -0.329 e. The van der Waals surface area contributed by atoms with Crippen molar-refractivity contribution in [2.24, 2.45) is 5.73 Å². The number of ether oxygens (including phenoxy) is 1. The number of nitrogens with two attached hydrogens (primary N) is 1. The molecule has 12 heavy (non-hydrogen) atoms. The summed E-state index contributed by atoms with van der Waals surface area (Å²) < 4.78 is 27.8. The third-order valence-corrected chi connectivity index (χ3v) is 2.05. The maximum Gasteiger partial charge on any atom is 0.345 e. The van der Waals surface area contributed by atoms with Crippen molar-refractivity contribution in [1.29, 1.82) is 0 Å². The van der Waals surface area contributed by atoms with Gasteiger partial charge >= 0.3 is 6.61 Å². The first kappa shape index (κ1) is 9.83. The Morgan fingerprint density at radius 2 is 2.25 bits per heavy atom. The van der Waals surface area contributed by atoms with Gasteiger partial charge in [-0.25, -0.2) is 0 Å². The third-order valence-electron chi connectivity index (χ3n) is 2.05. The number of halogens is 2. The molecule has 1 aliphatic heterocycles. The Hall–Kier alpha value is -0.260. The summed E-state index contributed by atoms with van der Waals surface area (Å²) in [5.41, 5.74) is 5.40. The van der Waals surface area contributed by atoms with Crippen LogP contribution in [0.2, 0.25) is 0 Å². The molecule has 0 radical (unpaired) electrons. The SMILES string of the molecule is NC[C@@H]1CC[C@H](OC(F)F)CN1. The summed E-state index contributed by atoms with van der Waals surface area (Å²) in [5, 5.41) is 3.04. The number of rotatable bonds is 3. The maximum atomic E-state index is 11.7. The summed E-state index contributed by atoms with van der Waals surface area (Å²) in [6.07, 6.45) is 1.13. The highest BCUT2D eigenvalue weighted by Crippen LogP contribution is 2.13. The lowest BCUT2D eigenvalue weighted by Gasteiger charge is -2.28. The first-order valence-electron chi connectivity index (χ1n) is 4.09. The molecule has 0 bridgehead atoms. The lowest BCUT2D eigenvalue weighted by atomic mass is 10.0. The summed E-state index contributed by atoms with van der Waals surface area (Å²) >= 11 is 0. The molecule has 0 unspecified atom stereocenters. The van der Waals surface area contributed by atoms with Crippen molar-refractivity contribution >= 4 is 0 Å². The van der Waals surface area contributed by atoms with E-state index in [1.54, 1.807) is 0 Å². The standard InChI is InChI=1S/C7H14F2N2O/c8-7(9)12-6-2-1-5(3-10)11-4-6/h5-7,11H,1-4,10H2/t5-,6-/m0/s1. The average Bonchev–Trinajstić information content (AvgIpc) is 2.05. The molecule has 0 saturated carbocycles. The Morgan fingerprint density at radius 3 is 2.67 bits per heavy atom. The molecule has 1 heterocycles. The van der Waals surface area contributed by atoms with E-state index < -0.39 is 6.61 Å². The molecule has 1 saturated heterocycles. The van der Waals surface area contributed by atoms with Crippen LogP contribution in [0.1, 0.15) is 12.8 Å². The zero-order valence-electron chi connectivity index (χ0n) is 6.80. The zero-order valence-corrected chi connectivity index (χ0v) is 6.80. The van der Waals surface area contributed by atoms with Gasteiger partial charge in [0.2, 0.25) is 0 Å². The predicted molar refractivity (Wildman–Crippen MR) is 41.0 cm³/mol. The fourth-order valence-corrected chi connectivity index (χ4v) is 1.35. The number of piperidine rings is 1. The van der Waals surface area contributed by atoms with Crippen molar-refractivity contribution in [2.75, 3.05) is 13.1 Å². The number of hydrogen-bond donors (Lipinski definition) is 2. The fourth-order valence-electron chi connectivity index (χ4n) is 1.35. The molecule has 3 N–H and O–H groups in total. The second-order valence-corrected chi connectivity index (χ2v) is 2.94. The Labute approximate surface area is 70.3 Å². The van der Waals surface area contributed by atoms with E-state index in [-0.39, 0.29) is 12.1 Å². The highest BCUT2D eigenvalue weighted by molar-refractivity contribution is 4.78. The predicted octanol–water partition coefficient (Wildman–Crippen LogP) is 0.305. The third kappa shape index (κ3) is 3.00. The van der Waals surface area contributed by atoms with Gasteiger partial charge in [-0.1, -0.05) is 0 Å². The van der Waals surface area contributed by atoms with Crippen LogP contribution in [0.15, 0.2) is 0 Å². The van der Waals surface area contributed by atoms with Gasteiger partial charge in [-0.15, -0.1) is 0 Å². The molecule has 0 aromatic heterocycles. The lowest BCUT2D eigenvalue weighted by Crippen LogP contribution is -2.46. The number of alkyl halides is 2. The van der Waals surface area contributed by atoms with E-state index in [1.807, 2.05) is 0 Å². The van der Waals surface area contributed by atoms with E-state index in [4.69, 9.17) is 5.73 Å². The van der Waals surface area contributed by atoms with E-state index in [1.165, 1.54) is 0 Å². The second kappa shape index (κ2) is 4.69. The van der Waals surface area contributed by atoms with Gasteiger partial charge in [0.25, 0.3) is 0 Å². The van der Waals surface area contributed by atoms with Crippen molar-refractivity contribution in [3.05, 3.63) is 0 Å². The van der Waals surface area contributed by atoms with E-state index >= 15 is 0 Å². The Kier molecular flexibility index (Phi) is 3.84. The molecule has 1 rings (SSSR count). The van der Waals surface area contributed by atoms with E-state index in [0.717, 1.165) is 6.42 Å². The molecule has 1 fully saturated rings. The fraction of sp³-hybridized carbons (Fsp3) is 1.00. The molecule has 0 spiro atoms. The topological polar surface area (TPSA) is 47.3 Å². The van der Waals surface area contributed by atoms with Crippen LogP contribution >= 0.6 is 0 Å². The minimum atomic E-state index is -2.66. The molecule has 0 amide bonds. The van der Waals surface area contributed by atoms with Crippen molar-refractivity contribution in [1.82, 2.24) is 5.32 Å². The highest BCUT2D eigenvalue weighted by Gasteiger charge is 2.22. The zero-order chi connectivity index (χ0) is 8.97. The Bertz CT molecular complexity index is 127. The smallest absolute Gasteiger partial charge is 0.329 e. The van der Waals surface area contributed by atoms with Crippen LogP contribution in [0.5, 0.6) is 0 Å². The van der Waals surface area contributed by atoms with Gasteiger partial charge in [-0.2, -0.15) is 8.78 Å². The summed E-state index contributed by atoms with van der Waals surface area (Å²) in [4.78, 5) is 0. The number of nitrogens with one attached hydrogen (secondary N) is 1. The molecule has 72 valence electrons. The molecule has 5 heteroatoms. The first-order chi connectivity index (χ1) is 5.72. The Morgan fingerprint density at radius 1 is 1.50 bits per heavy atom. The molecule has 3 nitrogen and oxygen atoms in total. The quantitative estimate of drug-likeness (QED) is 0.657. The summed E-state index contributed by atoms with van der Waals surface area (Å²) in [6.45, 7) is -1.63. The van der Waals surface area contributed by atoms with Gasteiger partial charge in [0.15, 0.2) is 0 Å². The average molecular weight is 180 g/mol. The monoisotopic (exact) mass is 180 g/mol. The second-order valence-electron chi connectivity index (χ2n) is 2.94. The first-order valence-corrected chi connectivity index (χ1v) is 4.09. The molecular formula is C7H14F2N2O. The van der Waals surface area contributed by atoms with Gasteiger partial charge in [0.05, 0.1) is 6.10 Å². The molecule has 0 aromatic carbocycles. The van der Waals surface area contributed by atoms with Crippen LogP contribution in [-0.4, -0.2) is 31.8 Å². The number of hydrogen-bond acceptors (Lipinski definition) is 3. The van der Waals surface area contributed by atoms with E-state index in [9.17, 15) is 8.78 Å². The molecule has 2 atom stereocenters. The van der Waals surface area contributed by atoms with Crippen molar-refractivity contribution in [3.63, 3.8) is 0 Å². The van der Waals surface area contributed by atoms with E-state index in [0.29, 0.717) is 19.5 Å². The van der Waals surface area contributed by atoms with Crippen LogP contribution in [0, 0.1) is 0 Å². The summed E-state index contributed by atoms with van der Waals surface area (Å²) in [6, 6.07) is 0.266. The van der Waals surface area contributed by atoms with Crippen LogP contribution in [0.4, 0.5) is 8.78 Å². The van der Waals surface area contributed by atoms with Gasteiger partial charge in [-0.3, -0.25) is 0 Å². The lowest BCUT2D eigenvalue weighted by molar-refractivity contribution is -0.167.